The molecule has 0 aliphatic rings. The van der Waals surface area contributed by atoms with Crippen molar-refractivity contribution in [1.82, 2.24) is 15.3 Å². The van der Waals surface area contributed by atoms with E-state index in [2.05, 4.69) is 38.1 Å². The van der Waals surface area contributed by atoms with Gasteiger partial charge in [0.15, 0.2) is 0 Å². The maximum Gasteiger partial charge on any atom is 0.120 e. The van der Waals surface area contributed by atoms with Gasteiger partial charge in [-0.2, -0.15) is 0 Å². The molecule has 1 heterocycles. The Morgan fingerprint density at radius 3 is 2.89 bits per heavy atom. The third kappa shape index (κ3) is 3.75. The highest BCUT2D eigenvalue weighted by molar-refractivity contribution is 9.10. The summed E-state index contributed by atoms with van der Waals surface area (Å²) in [5.41, 5.74) is 1.83. The molecule has 2 aromatic rings. The molecule has 1 aromatic carbocycles. The first-order valence-electron chi connectivity index (χ1n) is 6.17. The minimum Gasteiger partial charge on any atom is -0.508 e. The maximum atomic E-state index is 9.95. The molecule has 0 saturated carbocycles. The summed E-state index contributed by atoms with van der Waals surface area (Å²) in [5.74, 6) is 0.310. The molecular formula is C14H16BrN3O. The zero-order valence-electron chi connectivity index (χ0n) is 10.7. The van der Waals surface area contributed by atoms with Gasteiger partial charge in [-0.25, -0.2) is 9.97 Å². The van der Waals surface area contributed by atoms with Gasteiger partial charge in [-0.1, -0.05) is 22.9 Å². The molecule has 0 radical (unpaired) electrons. The fraction of sp³-hybridized carbons (Fsp3) is 0.286. The van der Waals surface area contributed by atoms with Gasteiger partial charge >= 0.3 is 0 Å². The van der Waals surface area contributed by atoms with Crippen LogP contribution in [0.4, 0.5) is 0 Å². The fourth-order valence-corrected chi connectivity index (χ4v) is 2.31. The van der Waals surface area contributed by atoms with Crippen LogP contribution in [0.2, 0.25) is 0 Å². The summed E-state index contributed by atoms with van der Waals surface area (Å²) in [5, 5.41) is 13.3. The van der Waals surface area contributed by atoms with E-state index in [1.54, 1.807) is 12.3 Å². The second-order valence-electron chi connectivity index (χ2n) is 4.25. The number of hydrogen-bond acceptors (Lipinski definition) is 4. The summed E-state index contributed by atoms with van der Waals surface area (Å²) < 4.78 is 0.961. The van der Waals surface area contributed by atoms with Gasteiger partial charge < -0.3 is 10.4 Å². The van der Waals surface area contributed by atoms with Crippen molar-refractivity contribution in [3.05, 3.63) is 52.5 Å². The highest BCUT2D eigenvalue weighted by Gasteiger charge is 2.13. The first-order chi connectivity index (χ1) is 9.20. The molecule has 100 valence electrons. The minimum atomic E-state index is 0.0902. The van der Waals surface area contributed by atoms with Crippen molar-refractivity contribution in [1.29, 1.82) is 0 Å². The van der Waals surface area contributed by atoms with Crippen LogP contribution in [0.15, 0.2) is 41.3 Å². The molecule has 4 nitrogen and oxygen atoms in total. The van der Waals surface area contributed by atoms with Gasteiger partial charge in [0.05, 0.1) is 5.69 Å². The number of halogens is 1. The standard InChI is InChI=1S/C14H16BrN3O/c1-2-13(12-7-10(15)3-4-14(12)19)17-8-11-5-6-16-9-18-11/h3-7,9,13,17,19H,2,8H2,1H3. The SMILES string of the molecule is CCC(NCc1ccncn1)c1cc(Br)ccc1O. The lowest BCUT2D eigenvalue weighted by molar-refractivity contribution is 0.439. The molecule has 1 unspecified atom stereocenters. The summed E-state index contributed by atoms with van der Waals surface area (Å²) in [4.78, 5) is 8.06. The molecule has 1 aromatic heterocycles. The van der Waals surface area contributed by atoms with E-state index in [4.69, 9.17) is 0 Å². The monoisotopic (exact) mass is 321 g/mol. The first-order valence-corrected chi connectivity index (χ1v) is 6.96. The molecule has 0 fully saturated rings. The highest BCUT2D eigenvalue weighted by Crippen LogP contribution is 2.29. The smallest absolute Gasteiger partial charge is 0.120 e. The Hall–Kier alpha value is -1.46. The van der Waals surface area contributed by atoms with Gasteiger partial charge in [0.2, 0.25) is 0 Å². The van der Waals surface area contributed by atoms with Crippen molar-refractivity contribution < 1.29 is 5.11 Å². The third-order valence-electron chi connectivity index (χ3n) is 2.95. The molecule has 0 bridgehead atoms. The lowest BCUT2D eigenvalue weighted by Crippen LogP contribution is -2.21. The Kier molecular flexibility index (Phi) is 4.87. The zero-order valence-corrected chi connectivity index (χ0v) is 12.3. The topological polar surface area (TPSA) is 58.0 Å². The van der Waals surface area contributed by atoms with E-state index in [0.29, 0.717) is 12.3 Å². The van der Waals surface area contributed by atoms with Gasteiger partial charge in [-0.05, 0) is 30.7 Å². The highest BCUT2D eigenvalue weighted by atomic mass is 79.9. The van der Waals surface area contributed by atoms with Crippen molar-refractivity contribution in [3.63, 3.8) is 0 Å². The van der Waals surface area contributed by atoms with Gasteiger partial charge in [0.1, 0.15) is 12.1 Å². The van der Waals surface area contributed by atoms with Crippen LogP contribution >= 0.6 is 15.9 Å². The van der Waals surface area contributed by atoms with E-state index in [1.807, 2.05) is 18.2 Å². The van der Waals surface area contributed by atoms with Gasteiger partial charge in [-0.15, -0.1) is 0 Å². The van der Waals surface area contributed by atoms with Crippen molar-refractivity contribution in [3.8, 4) is 5.75 Å². The number of nitrogens with zero attached hydrogens (tertiary/aromatic N) is 2. The number of aromatic hydroxyl groups is 1. The normalized spacial score (nSPS) is 12.3. The van der Waals surface area contributed by atoms with Crippen LogP contribution in [0.25, 0.3) is 0 Å². The maximum absolute atomic E-state index is 9.95. The summed E-state index contributed by atoms with van der Waals surface area (Å²) >= 11 is 3.43. The Bertz CT molecular complexity index is 533. The van der Waals surface area contributed by atoms with Crippen LogP contribution in [0.1, 0.15) is 30.6 Å². The van der Waals surface area contributed by atoms with E-state index in [-0.39, 0.29) is 6.04 Å². The van der Waals surface area contributed by atoms with E-state index in [0.717, 1.165) is 22.2 Å². The summed E-state index contributed by atoms with van der Waals surface area (Å²) in [7, 11) is 0. The van der Waals surface area contributed by atoms with E-state index >= 15 is 0 Å². The summed E-state index contributed by atoms with van der Waals surface area (Å²) in [6, 6.07) is 7.44. The van der Waals surface area contributed by atoms with Crippen LogP contribution in [0.3, 0.4) is 0 Å². The van der Waals surface area contributed by atoms with Gasteiger partial charge in [-0.3, -0.25) is 0 Å². The lowest BCUT2D eigenvalue weighted by atomic mass is 10.0. The van der Waals surface area contributed by atoms with Crippen LogP contribution in [-0.4, -0.2) is 15.1 Å². The number of phenolic OH excluding ortho intramolecular Hbond substituents is 1. The van der Waals surface area contributed by atoms with E-state index in [1.165, 1.54) is 6.33 Å². The zero-order chi connectivity index (χ0) is 13.7. The Labute approximate surface area is 121 Å². The predicted molar refractivity (Wildman–Crippen MR) is 77.7 cm³/mol. The molecule has 2 rings (SSSR count). The molecule has 0 aliphatic heterocycles. The minimum absolute atomic E-state index is 0.0902. The molecule has 5 heteroatoms. The Morgan fingerprint density at radius 1 is 1.37 bits per heavy atom. The predicted octanol–water partition coefficient (Wildman–Crippen LogP) is 3.19. The number of nitrogens with one attached hydrogen (secondary N) is 1. The average molecular weight is 322 g/mol. The van der Waals surface area contributed by atoms with Crippen molar-refractivity contribution in [2.24, 2.45) is 0 Å². The molecule has 0 aliphatic carbocycles. The van der Waals surface area contributed by atoms with Gasteiger partial charge in [0, 0.05) is 28.8 Å². The molecule has 0 saturated heterocycles. The van der Waals surface area contributed by atoms with Crippen LogP contribution in [0.5, 0.6) is 5.75 Å². The molecule has 0 spiro atoms. The van der Waals surface area contributed by atoms with Crippen molar-refractivity contribution >= 4 is 15.9 Å². The molecule has 19 heavy (non-hydrogen) atoms. The lowest BCUT2D eigenvalue weighted by Gasteiger charge is -2.18. The Balaban J connectivity index is 2.10. The second kappa shape index (κ2) is 6.63. The van der Waals surface area contributed by atoms with E-state index in [9.17, 15) is 5.11 Å². The molecule has 2 N–H and O–H groups in total. The fourth-order valence-electron chi connectivity index (χ4n) is 1.93. The van der Waals surface area contributed by atoms with Gasteiger partial charge in [0.25, 0.3) is 0 Å². The third-order valence-corrected chi connectivity index (χ3v) is 3.44. The summed E-state index contributed by atoms with van der Waals surface area (Å²) in [6.07, 6.45) is 4.14. The van der Waals surface area contributed by atoms with Crippen LogP contribution in [-0.2, 0) is 6.54 Å². The number of benzene rings is 1. The number of rotatable bonds is 5. The average Bonchev–Trinajstić information content (AvgIpc) is 2.44. The largest absolute Gasteiger partial charge is 0.508 e. The van der Waals surface area contributed by atoms with Crippen molar-refractivity contribution in [2.45, 2.75) is 25.9 Å². The van der Waals surface area contributed by atoms with Crippen molar-refractivity contribution in [2.75, 3.05) is 0 Å². The van der Waals surface area contributed by atoms with Crippen LogP contribution < -0.4 is 5.32 Å². The molecule has 0 amide bonds. The Morgan fingerprint density at radius 2 is 2.21 bits per heavy atom. The first kappa shape index (κ1) is 14.0. The number of phenols is 1. The molecular weight excluding hydrogens is 306 g/mol. The second-order valence-corrected chi connectivity index (χ2v) is 5.16. The molecule has 1 atom stereocenters. The van der Waals surface area contributed by atoms with Crippen LogP contribution in [0, 0.1) is 0 Å². The quantitative estimate of drug-likeness (QED) is 0.888. The summed E-state index contributed by atoms with van der Waals surface area (Å²) in [6.45, 7) is 2.73. The van der Waals surface area contributed by atoms with E-state index < -0.39 is 0 Å². The number of hydrogen-bond donors (Lipinski definition) is 2. The number of aromatic nitrogens is 2.